The predicted octanol–water partition coefficient (Wildman–Crippen LogP) is 0.322. The molecule has 0 radical (unpaired) electrons. The summed E-state index contributed by atoms with van der Waals surface area (Å²) in [6.07, 6.45) is 0.366. The lowest BCUT2D eigenvalue weighted by Crippen LogP contribution is -2.33. The summed E-state index contributed by atoms with van der Waals surface area (Å²) in [5, 5.41) is 18.3. The van der Waals surface area contributed by atoms with Gasteiger partial charge in [0.2, 0.25) is 0 Å². The van der Waals surface area contributed by atoms with Crippen LogP contribution >= 0.6 is 15.9 Å². The first-order valence-corrected chi connectivity index (χ1v) is 4.79. The fourth-order valence-corrected chi connectivity index (χ4v) is 1.88. The standard InChI is InChI=1S/C8H14BrNO2/c1-6(9)3-10-4-8(12)2-7(10)5-11/h7-8,11-12H,1-5H2/t7-,8+/m0/s1. The highest BCUT2D eigenvalue weighted by Crippen LogP contribution is 2.19. The molecule has 70 valence electrons. The second-order valence-corrected chi connectivity index (χ2v) is 4.29. The number of rotatable bonds is 3. The fraction of sp³-hybridized carbons (Fsp3) is 0.750. The molecule has 2 N–H and O–H groups in total. The van der Waals surface area contributed by atoms with Gasteiger partial charge in [-0.2, -0.15) is 0 Å². The third kappa shape index (κ3) is 2.55. The number of likely N-dealkylation sites (tertiary alicyclic amines) is 1. The Morgan fingerprint density at radius 2 is 2.33 bits per heavy atom. The van der Waals surface area contributed by atoms with Crippen LogP contribution in [-0.4, -0.2) is 47.0 Å². The van der Waals surface area contributed by atoms with Crippen LogP contribution in [0.5, 0.6) is 0 Å². The molecule has 1 aliphatic heterocycles. The topological polar surface area (TPSA) is 43.7 Å². The number of halogens is 1. The van der Waals surface area contributed by atoms with Gasteiger partial charge in [-0.3, -0.25) is 4.90 Å². The summed E-state index contributed by atoms with van der Waals surface area (Å²) in [6.45, 7) is 5.16. The van der Waals surface area contributed by atoms with Crippen molar-refractivity contribution in [1.82, 2.24) is 4.90 Å². The van der Waals surface area contributed by atoms with Gasteiger partial charge in [0.1, 0.15) is 0 Å². The van der Waals surface area contributed by atoms with Crippen molar-refractivity contribution in [2.45, 2.75) is 18.6 Å². The number of nitrogens with zero attached hydrogens (tertiary/aromatic N) is 1. The van der Waals surface area contributed by atoms with E-state index in [0.717, 1.165) is 4.48 Å². The van der Waals surface area contributed by atoms with Crippen molar-refractivity contribution in [2.75, 3.05) is 19.7 Å². The van der Waals surface area contributed by atoms with Gasteiger partial charge in [-0.25, -0.2) is 0 Å². The Balaban J connectivity index is 2.46. The maximum Gasteiger partial charge on any atom is 0.0683 e. The quantitative estimate of drug-likeness (QED) is 0.741. The second kappa shape index (κ2) is 4.37. The molecule has 3 nitrogen and oxygen atoms in total. The first-order chi connectivity index (χ1) is 5.63. The third-order valence-corrected chi connectivity index (χ3v) is 2.34. The number of hydrogen-bond donors (Lipinski definition) is 2. The van der Waals surface area contributed by atoms with Crippen molar-refractivity contribution in [3.8, 4) is 0 Å². The molecule has 1 rings (SSSR count). The van der Waals surface area contributed by atoms with E-state index in [0.29, 0.717) is 19.5 Å². The number of aliphatic hydroxyl groups is 2. The van der Waals surface area contributed by atoms with Crippen LogP contribution < -0.4 is 0 Å². The molecule has 0 amide bonds. The smallest absolute Gasteiger partial charge is 0.0683 e. The fourth-order valence-electron chi connectivity index (χ4n) is 1.56. The highest BCUT2D eigenvalue weighted by molar-refractivity contribution is 9.11. The van der Waals surface area contributed by atoms with Gasteiger partial charge in [0, 0.05) is 23.6 Å². The number of aliphatic hydroxyl groups excluding tert-OH is 2. The third-order valence-electron chi connectivity index (χ3n) is 2.09. The van der Waals surface area contributed by atoms with Gasteiger partial charge in [0.15, 0.2) is 0 Å². The number of β-amino-alcohol motifs (C(OH)–C–C–N with tert-alkyl or cyclic N) is 1. The van der Waals surface area contributed by atoms with Gasteiger partial charge in [0.05, 0.1) is 12.7 Å². The van der Waals surface area contributed by atoms with E-state index in [-0.39, 0.29) is 18.8 Å². The maximum atomic E-state index is 9.32. The minimum absolute atomic E-state index is 0.0919. The van der Waals surface area contributed by atoms with Crippen LogP contribution in [0.3, 0.4) is 0 Å². The van der Waals surface area contributed by atoms with Crippen molar-refractivity contribution in [3.63, 3.8) is 0 Å². The van der Waals surface area contributed by atoms with Crippen molar-refractivity contribution >= 4 is 15.9 Å². The first kappa shape index (κ1) is 10.2. The SMILES string of the molecule is C=C(Br)CN1C[C@H](O)C[C@H]1CO. The van der Waals surface area contributed by atoms with Crippen molar-refractivity contribution < 1.29 is 10.2 Å². The highest BCUT2D eigenvalue weighted by Gasteiger charge is 2.29. The molecule has 0 unspecified atom stereocenters. The van der Waals surface area contributed by atoms with E-state index < -0.39 is 0 Å². The van der Waals surface area contributed by atoms with Crippen molar-refractivity contribution in [3.05, 3.63) is 11.1 Å². The molecule has 0 bridgehead atoms. The molecule has 0 saturated carbocycles. The molecule has 2 atom stereocenters. The van der Waals surface area contributed by atoms with Gasteiger partial charge in [-0.1, -0.05) is 22.5 Å². The summed E-state index contributed by atoms with van der Waals surface area (Å²) in [4.78, 5) is 2.03. The molecular formula is C8H14BrNO2. The Labute approximate surface area is 80.8 Å². The first-order valence-electron chi connectivity index (χ1n) is 3.99. The Hall–Kier alpha value is 0.1000. The van der Waals surface area contributed by atoms with E-state index in [2.05, 4.69) is 22.5 Å². The lowest BCUT2D eigenvalue weighted by atomic mass is 10.2. The molecule has 0 aromatic rings. The van der Waals surface area contributed by atoms with Gasteiger partial charge in [0.25, 0.3) is 0 Å². The van der Waals surface area contributed by atoms with Gasteiger partial charge < -0.3 is 10.2 Å². The second-order valence-electron chi connectivity index (χ2n) is 3.17. The molecule has 1 heterocycles. The van der Waals surface area contributed by atoms with Crippen LogP contribution in [0.25, 0.3) is 0 Å². The Kier molecular flexibility index (Phi) is 3.71. The summed E-state index contributed by atoms with van der Waals surface area (Å²) >= 11 is 3.26. The maximum absolute atomic E-state index is 9.32. The summed E-state index contributed by atoms with van der Waals surface area (Å²) < 4.78 is 0.884. The summed E-state index contributed by atoms with van der Waals surface area (Å²) in [5.41, 5.74) is 0. The number of hydrogen-bond acceptors (Lipinski definition) is 3. The van der Waals surface area contributed by atoms with Crippen LogP contribution in [0.4, 0.5) is 0 Å². The zero-order valence-corrected chi connectivity index (χ0v) is 8.50. The average molecular weight is 236 g/mol. The largest absolute Gasteiger partial charge is 0.395 e. The predicted molar refractivity (Wildman–Crippen MR) is 51.1 cm³/mol. The van der Waals surface area contributed by atoms with Crippen LogP contribution in [0.1, 0.15) is 6.42 Å². The van der Waals surface area contributed by atoms with E-state index >= 15 is 0 Å². The van der Waals surface area contributed by atoms with Gasteiger partial charge in [-0.15, -0.1) is 0 Å². The van der Waals surface area contributed by atoms with Crippen molar-refractivity contribution in [1.29, 1.82) is 0 Å². The molecule has 1 fully saturated rings. The molecule has 0 spiro atoms. The zero-order valence-electron chi connectivity index (χ0n) is 6.91. The summed E-state index contributed by atoms with van der Waals surface area (Å²) in [5.74, 6) is 0. The Bertz CT molecular complexity index is 174. The van der Waals surface area contributed by atoms with Crippen LogP contribution in [-0.2, 0) is 0 Å². The molecule has 0 aliphatic carbocycles. The molecule has 12 heavy (non-hydrogen) atoms. The molecular weight excluding hydrogens is 222 g/mol. The van der Waals surface area contributed by atoms with Gasteiger partial charge >= 0.3 is 0 Å². The Morgan fingerprint density at radius 1 is 1.67 bits per heavy atom. The van der Waals surface area contributed by atoms with E-state index in [9.17, 15) is 5.11 Å². The lowest BCUT2D eigenvalue weighted by molar-refractivity contribution is 0.167. The molecule has 1 aliphatic rings. The van der Waals surface area contributed by atoms with Crippen molar-refractivity contribution in [2.24, 2.45) is 0 Å². The highest BCUT2D eigenvalue weighted by atomic mass is 79.9. The minimum atomic E-state index is -0.297. The monoisotopic (exact) mass is 235 g/mol. The van der Waals surface area contributed by atoms with E-state index in [1.54, 1.807) is 0 Å². The molecule has 0 aromatic heterocycles. The normalized spacial score (nSPS) is 30.9. The van der Waals surface area contributed by atoms with E-state index in [1.807, 2.05) is 4.90 Å². The molecule has 0 aromatic carbocycles. The van der Waals surface area contributed by atoms with E-state index in [1.165, 1.54) is 0 Å². The molecule has 4 heteroatoms. The Morgan fingerprint density at radius 3 is 2.83 bits per heavy atom. The van der Waals surface area contributed by atoms with Gasteiger partial charge in [-0.05, 0) is 6.42 Å². The van der Waals surface area contributed by atoms with E-state index in [4.69, 9.17) is 5.11 Å². The zero-order chi connectivity index (χ0) is 9.14. The summed E-state index contributed by atoms with van der Waals surface area (Å²) in [7, 11) is 0. The molecule has 1 saturated heterocycles. The lowest BCUT2D eigenvalue weighted by Gasteiger charge is -2.21. The minimum Gasteiger partial charge on any atom is -0.395 e. The van der Waals surface area contributed by atoms with Crippen LogP contribution in [0, 0.1) is 0 Å². The average Bonchev–Trinajstić information content (AvgIpc) is 2.29. The van der Waals surface area contributed by atoms with Crippen LogP contribution in [0.15, 0.2) is 11.1 Å². The van der Waals surface area contributed by atoms with Crippen LogP contribution in [0.2, 0.25) is 0 Å². The summed E-state index contributed by atoms with van der Waals surface area (Å²) in [6, 6.07) is 0.0919.